The van der Waals surface area contributed by atoms with Gasteiger partial charge < -0.3 is 5.32 Å². The van der Waals surface area contributed by atoms with Gasteiger partial charge in [0.15, 0.2) is 5.82 Å². The van der Waals surface area contributed by atoms with Crippen molar-refractivity contribution in [1.82, 2.24) is 5.32 Å². The monoisotopic (exact) mass is 212 g/mol. The van der Waals surface area contributed by atoms with Crippen LogP contribution in [0.1, 0.15) is 10.4 Å². The zero-order valence-electron chi connectivity index (χ0n) is 7.05. The molecular weight excluding hydrogens is 207 g/mol. The fraction of sp³-hybridized carbons (Fsp3) is 0.111. The number of nitrogens with zero attached hydrogens (tertiary/aromatic N) is 1. The number of hydrogen-bond acceptors (Lipinski definition) is 2. The molecule has 0 aliphatic heterocycles. The van der Waals surface area contributed by atoms with Gasteiger partial charge in [0.1, 0.15) is 6.54 Å². The SMILES string of the molecule is N#CCNC(=O)c1cccc(Cl)c1F. The summed E-state index contributed by atoms with van der Waals surface area (Å²) in [6, 6.07) is 5.82. The first-order valence-corrected chi connectivity index (χ1v) is 4.13. The Morgan fingerprint density at radius 1 is 1.64 bits per heavy atom. The van der Waals surface area contributed by atoms with E-state index in [1.54, 1.807) is 6.07 Å². The summed E-state index contributed by atoms with van der Waals surface area (Å²) in [6.07, 6.45) is 0. The Hall–Kier alpha value is -1.60. The molecule has 0 radical (unpaired) electrons. The van der Waals surface area contributed by atoms with E-state index in [0.717, 1.165) is 0 Å². The molecule has 1 amide bonds. The van der Waals surface area contributed by atoms with Gasteiger partial charge in [-0.2, -0.15) is 5.26 Å². The molecule has 0 aliphatic carbocycles. The van der Waals surface area contributed by atoms with Gasteiger partial charge in [0.05, 0.1) is 16.7 Å². The summed E-state index contributed by atoms with van der Waals surface area (Å²) in [7, 11) is 0. The third-order valence-electron chi connectivity index (χ3n) is 1.52. The summed E-state index contributed by atoms with van der Waals surface area (Å²) >= 11 is 5.47. The predicted octanol–water partition coefficient (Wildman–Crippen LogP) is 1.73. The average Bonchev–Trinajstić information content (AvgIpc) is 2.18. The van der Waals surface area contributed by atoms with E-state index in [2.05, 4.69) is 5.32 Å². The van der Waals surface area contributed by atoms with Crippen LogP contribution in [0.5, 0.6) is 0 Å². The Kier molecular flexibility index (Phi) is 3.43. The third-order valence-corrected chi connectivity index (χ3v) is 1.82. The molecule has 0 aliphatic rings. The summed E-state index contributed by atoms with van der Waals surface area (Å²) in [5.74, 6) is -1.42. The molecule has 3 nitrogen and oxygen atoms in total. The van der Waals surface area contributed by atoms with Crippen LogP contribution in [0.2, 0.25) is 5.02 Å². The van der Waals surface area contributed by atoms with Gasteiger partial charge in [-0.15, -0.1) is 0 Å². The predicted molar refractivity (Wildman–Crippen MR) is 49.4 cm³/mol. The number of halogens is 2. The van der Waals surface area contributed by atoms with E-state index in [-0.39, 0.29) is 17.1 Å². The fourth-order valence-electron chi connectivity index (χ4n) is 0.894. The number of benzene rings is 1. The van der Waals surface area contributed by atoms with Crippen molar-refractivity contribution in [3.8, 4) is 6.07 Å². The van der Waals surface area contributed by atoms with Crippen LogP contribution in [-0.2, 0) is 0 Å². The molecule has 72 valence electrons. The minimum atomic E-state index is -0.774. The minimum absolute atomic E-state index is 0.116. The van der Waals surface area contributed by atoms with Crippen molar-refractivity contribution in [3.63, 3.8) is 0 Å². The van der Waals surface area contributed by atoms with Crippen molar-refractivity contribution in [1.29, 1.82) is 5.26 Å². The number of carbonyl (C=O) groups excluding carboxylic acids is 1. The van der Waals surface area contributed by atoms with Crippen LogP contribution in [0.25, 0.3) is 0 Å². The quantitative estimate of drug-likeness (QED) is 0.759. The third kappa shape index (κ3) is 2.21. The Labute approximate surface area is 85.1 Å². The molecule has 0 unspecified atom stereocenters. The van der Waals surface area contributed by atoms with Crippen molar-refractivity contribution in [2.45, 2.75) is 0 Å². The summed E-state index contributed by atoms with van der Waals surface area (Å²) < 4.78 is 13.2. The molecule has 0 heterocycles. The highest BCUT2D eigenvalue weighted by molar-refractivity contribution is 6.31. The molecule has 1 rings (SSSR count). The van der Waals surface area contributed by atoms with Gasteiger partial charge in [0.2, 0.25) is 0 Å². The first kappa shape index (κ1) is 10.5. The van der Waals surface area contributed by atoms with Gasteiger partial charge in [0, 0.05) is 0 Å². The van der Waals surface area contributed by atoms with Gasteiger partial charge in [0.25, 0.3) is 5.91 Å². The summed E-state index contributed by atoms with van der Waals surface area (Å²) in [5, 5.41) is 10.3. The molecule has 0 aromatic heterocycles. The van der Waals surface area contributed by atoms with E-state index in [1.165, 1.54) is 18.2 Å². The molecule has 0 atom stereocenters. The minimum Gasteiger partial charge on any atom is -0.339 e. The molecule has 0 saturated heterocycles. The van der Waals surface area contributed by atoms with Crippen LogP contribution in [0.15, 0.2) is 18.2 Å². The van der Waals surface area contributed by atoms with Crippen molar-refractivity contribution >= 4 is 17.5 Å². The highest BCUT2D eigenvalue weighted by Gasteiger charge is 2.12. The van der Waals surface area contributed by atoms with Crippen LogP contribution in [0, 0.1) is 17.1 Å². The zero-order valence-corrected chi connectivity index (χ0v) is 7.81. The van der Waals surface area contributed by atoms with Crippen LogP contribution in [-0.4, -0.2) is 12.5 Å². The lowest BCUT2D eigenvalue weighted by Gasteiger charge is -2.02. The molecule has 0 fully saturated rings. The number of nitrogens with one attached hydrogen (secondary N) is 1. The normalized spacial score (nSPS) is 9.21. The molecule has 14 heavy (non-hydrogen) atoms. The van der Waals surface area contributed by atoms with Crippen LogP contribution >= 0.6 is 11.6 Å². The standard InChI is InChI=1S/C9H6ClFN2O/c10-7-3-1-2-6(8(7)11)9(14)13-5-4-12/h1-3H,5H2,(H,13,14). The lowest BCUT2D eigenvalue weighted by Crippen LogP contribution is -2.24. The van der Waals surface area contributed by atoms with E-state index in [0.29, 0.717) is 0 Å². The second-order valence-corrected chi connectivity index (χ2v) is 2.85. The molecule has 1 aromatic rings. The second kappa shape index (κ2) is 4.58. The number of rotatable bonds is 2. The topological polar surface area (TPSA) is 52.9 Å². The lowest BCUT2D eigenvalue weighted by atomic mass is 10.2. The van der Waals surface area contributed by atoms with Crippen molar-refractivity contribution in [2.24, 2.45) is 0 Å². The second-order valence-electron chi connectivity index (χ2n) is 2.44. The van der Waals surface area contributed by atoms with E-state index in [1.807, 2.05) is 0 Å². The Balaban J connectivity index is 2.91. The highest BCUT2D eigenvalue weighted by Crippen LogP contribution is 2.17. The number of carbonyl (C=O) groups is 1. The number of hydrogen-bond donors (Lipinski definition) is 1. The van der Waals surface area contributed by atoms with Crippen LogP contribution in [0.4, 0.5) is 4.39 Å². The van der Waals surface area contributed by atoms with Crippen LogP contribution in [0.3, 0.4) is 0 Å². The van der Waals surface area contributed by atoms with Crippen LogP contribution < -0.4 is 5.32 Å². The summed E-state index contributed by atoms with van der Waals surface area (Å²) in [4.78, 5) is 11.2. The smallest absolute Gasteiger partial charge is 0.255 e. The molecule has 5 heteroatoms. The maximum atomic E-state index is 13.2. The van der Waals surface area contributed by atoms with E-state index in [9.17, 15) is 9.18 Å². The van der Waals surface area contributed by atoms with Gasteiger partial charge in [-0.05, 0) is 12.1 Å². The Morgan fingerprint density at radius 3 is 3.00 bits per heavy atom. The average molecular weight is 213 g/mol. The first-order chi connectivity index (χ1) is 6.66. The maximum absolute atomic E-state index is 13.2. The fourth-order valence-corrected chi connectivity index (χ4v) is 1.07. The maximum Gasteiger partial charge on any atom is 0.255 e. The highest BCUT2D eigenvalue weighted by atomic mass is 35.5. The molecule has 0 spiro atoms. The Morgan fingerprint density at radius 2 is 2.36 bits per heavy atom. The van der Waals surface area contributed by atoms with Crippen molar-refractivity contribution in [2.75, 3.05) is 6.54 Å². The van der Waals surface area contributed by atoms with E-state index < -0.39 is 11.7 Å². The van der Waals surface area contributed by atoms with Crippen molar-refractivity contribution in [3.05, 3.63) is 34.6 Å². The molecular formula is C9H6ClFN2O. The molecule has 0 saturated carbocycles. The van der Waals surface area contributed by atoms with Gasteiger partial charge in [-0.3, -0.25) is 4.79 Å². The van der Waals surface area contributed by atoms with Gasteiger partial charge >= 0.3 is 0 Å². The number of amides is 1. The summed E-state index contributed by atoms with van der Waals surface area (Å²) in [6.45, 7) is -0.162. The largest absolute Gasteiger partial charge is 0.339 e. The van der Waals surface area contributed by atoms with Gasteiger partial charge in [-0.1, -0.05) is 17.7 Å². The van der Waals surface area contributed by atoms with Crippen molar-refractivity contribution < 1.29 is 9.18 Å². The molecule has 0 bridgehead atoms. The zero-order chi connectivity index (χ0) is 10.6. The first-order valence-electron chi connectivity index (χ1n) is 3.76. The number of nitriles is 1. The van der Waals surface area contributed by atoms with E-state index >= 15 is 0 Å². The van der Waals surface area contributed by atoms with E-state index in [4.69, 9.17) is 16.9 Å². The molecule has 1 aromatic carbocycles. The Bertz CT molecular complexity index is 400. The van der Waals surface area contributed by atoms with Gasteiger partial charge in [-0.25, -0.2) is 4.39 Å². The molecule has 1 N–H and O–H groups in total. The lowest BCUT2D eigenvalue weighted by molar-refractivity contribution is 0.0954. The summed E-state index contributed by atoms with van der Waals surface area (Å²) in [5.41, 5.74) is -0.159.